The Morgan fingerprint density at radius 3 is 3.29 bits per heavy atom. The number of ether oxygens (including phenoxy) is 1. The number of rotatable bonds is 3. The lowest BCUT2D eigenvalue weighted by Gasteiger charge is -2.20. The summed E-state index contributed by atoms with van der Waals surface area (Å²) in [5, 5.41) is 7.38. The van der Waals surface area contributed by atoms with Gasteiger partial charge in [-0.15, -0.1) is 0 Å². The minimum atomic E-state index is 0.287. The molecule has 1 aromatic rings. The van der Waals surface area contributed by atoms with E-state index in [2.05, 4.69) is 16.5 Å². The molecule has 76 valence electrons. The fraction of sp³-hybridized carbons (Fsp3) is 0.500. The standard InChI is InChI=1S/C10H15N3O/c1-13-10(5-6-12-13)11-8-9-4-2-3-7-14-9/h3,5-7,9,11H,2,4,8H2,1H3. The summed E-state index contributed by atoms with van der Waals surface area (Å²) in [5.41, 5.74) is 0. The molecule has 4 heteroatoms. The summed E-state index contributed by atoms with van der Waals surface area (Å²) < 4.78 is 7.26. The van der Waals surface area contributed by atoms with E-state index in [1.54, 1.807) is 12.5 Å². The van der Waals surface area contributed by atoms with E-state index in [1.807, 2.05) is 17.8 Å². The first kappa shape index (κ1) is 9.12. The number of aryl methyl sites for hydroxylation is 1. The molecule has 0 fully saturated rings. The predicted molar refractivity (Wildman–Crippen MR) is 54.9 cm³/mol. The van der Waals surface area contributed by atoms with Gasteiger partial charge in [-0.3, -0.25) is 4.68 Å². The van der Waals surface area contributed by atoms with Gasteiger partial charge < -0.3 is 10.1 Å². The maximum absolute atomic E-state index is 5.44. The van der Waals surface area contributed by atoms with Gasteiger partial charge in [-0.25, -0.2) is 0 Å². The molecule has 0 spiro atoms. The second-order valence-corrected chi connectivity index (χ2v) is 3.43. The zero-order valence-electron chi connectivity index (χ0n) is 8.31. The Balaban J connectivity index is 1.82. The average Bonchev–Trinajstić information content (AvgIpc) is 2.63. The monoisotopic (exact) mass is 193 g/mol. The van der Waals surface area contributed by atoms with E-state index < -0.39 is 0 Å². The van der Waals surface area contributed by atoms with Crippen molar-refractivity contribution in [2.45, 2.75) is 18.9 Å². The van der Waals surface area contributed by atoms with E-state index in [-0.39, 0.29) is 6.10 Å². The third-order valence-corrected chi connectivity index (χ3v) is 2.35. The van der Waals surface area contributed by atoms with E-state index in [4.69, 9.17) is 4.74 Å². The summed E-state index contributed by atoms with van der Waals surface area (Å²) in [6, 6.07) is 1.96. The molecule has 0 radical (unpaired) electrons. The number of hydrogen-bond acceptors (Lipinski definition) is 3. The van der Waals surface area contributed by atoms with Crippen LogP contribution in [0.5, 0.6) is 0 Å². The van der Waals surface area contributed by atoms with Gasteiger partial charge in [-0.2, -0.15) is 5.10 Å². The van der Waals surface area contributed by atoms with Crippen LogP contribution in [0, 0.1) is 0 Å². The van der Waals surface area contributed by atoms with E-state index in [0.717, 1.165) is 25.2 Å². The molecule has 4 nitrogen and oxygen atoms in total. The van der Waals surface area contributed by atoms with Gasteiger partial charge in [0.2, 0.25) is 0 Å². The van der Waals surface area contributed by atoms with Gasteiger partial charge in [0.05, 0.1) is 19.0 Å². The van der Waals surface area contributed by atoms with Crippen LogP contribution in [0.25, 0.3) is 0 Å². The Morgan fingerprint density at radius 2 is 2.64 bits per heavy atom. The fourth-order valence-electron chi connectivity index (χ4n) is 1.50. The second-order valence-electron chi connectivity index (χ2n) is 3.43. The zero-order chi connectivity index (χ0) is 9.80. The van der Waals surface area contributed by atoms with Gasteiger partial charge in [0.25, 0.3) is 0 Å². The van der Waals surface area contributed by atoms with Crippen molar-refractivity contribution in [1.82, 2.24) is 9.78 Å². The highest BCUT2D eigenvalue weighted by atomic mass is 16.5. The van der Waals surface area contributed by atoms with Gasteiger partial charge in [0.15, 0.2) is 0 Å². The minimum absolute atomic E-state index is 0.287. The van der Waals surface area contributed by atoms with Crippen molar-refractivity contribution in [3.63, 3.8) is 0 Å². The molecule has 0 aliphatic carbocycles. The summed E-state index contributed by atoms with van der Waals surface area (Å²) in [6.45, 7) is 0.837. The summed E-state index contributed by atoms with van der Waals surface area (Å²) >= 11 is 0. The van der Waals surface area contributed by atoms with Gasteiger partial charge in [-0.05, 0) is 18.9 Å². The number of nitrogens with one attached hydrogen (secondary N) is 1. The van der Waals surface area contributed by atoms with Crippen molar-refractivity contribution in [1.29, 1.82) is 0 Å². The smallest absolute Gasteiger partial charge is 0.124 e. The summed E-state index contributed by atoms with van der Waals surface area (Å²) in [5.74, 6) is 1.03. The maximum Gasteiger partial charge on any atom is 0.124 e. The number of allylic oxidation sites excluding steroid dienone is 1. The molecule has 0 saturated carbocycles. The minimum Gasteiger partial charge on any atom is -0.497 e. The van der Waals surface area contributed by atoms with Crippen molar-refractivity contribution in [2.75, 3.05) is 11.9 Å². The van der Waals surface area contributed by atoms with Crippen molar-refractivity contribution in [3.05, 3.63) is 24.6 Å². The van der Waals surface area contributed by atoms with Gasteiger partial charge in [0.1, 0.15) is 11.9 Å². The molecule has 1 unspecified atom stereocenters. The molecule has 1 atom stereocenters. The van der Waals surface area contributed by atoms with Crippen LogP contribution in [0.2, 0.25) is 0 Å². The topological polar surface area (TPSA) is 39.1 Å². The molecule has 0 saturated heterocycles. The lowest BCUT2D eigenvalue weighted by atomic mass is 10.1. The first-order valence-corrected chi connectivity index (χ1v) is 4.88. The fourth-order valence-corrected chi connectivity index (χ4v) is 1.50. The predicted octanol–water partition coefficient (Wildman–Crippen LogP) is 1.52. The first-order chi connectivity index (χ1) is 6.86. The molecule has 1 aliphatic rings. The van der Waals surface area contributed by atoms with Crippen molar-refractivity contribution >= 4 is 5.82 Å². The van der Waals surface area contributed by atoms with Crippen LogP contribution in [-0.4, -0.2) is 22.4 Å². The lowest BCUT2D eigenvalue weighted by molar-refractivity contribution is 0.135. The van der Waals surface area contributed by atoms with Crippen LogP contribution in [0.4, 0.5) is 5.82 Å². The Hall–Kier alpha value is -1.45. The summed E-state index contributed by atoms with van der Waals surface area (Å²) in [4.78, 5) is 0. The van der Waals surface area contributed by atoms with E-state index >= 15 is 0 Å². The van der Waals surface area contributed by atoms with Crippen molar-refractivity contribution in [2.24, 2.45) is 7.05 Å². The van der Waals surface area contributed by atoms with Crippen molar-refractivity contribution < 1.29 is 4.74 Å². The SMILES string of the molecule is Cn1nccc1NCC1CCC=CO1. The molecular weight excluding hydrogens is 178 g/mol. The Morgan fingerprint density at radius 1 is 1.71 bits per heavy atom. The summed E-state index contributed by atoms with van der Waals surface area (Å²) in [6.07, 6.45) is 8.11. The highest BCUT2D eigenvalue weighted by molar-refractivity contribution is 5.33. The van der Waals surface area contributed by atoms with Crippen LogP contribution in [-0.2, 0) is 11.8 Å². The van der Waals surface area contributed by atoms with Crippen LogP contribution >= 0.6 is 0 Å². The van der Waals surface area contributed by atoms with Gasteiger partial charge in [-0.1, -0.05) is 0 Å². The van der Waals surface area contributed by atoms with Gasteiger partial charge >= 0.3 is 0 Å². The van der Waals surface area contributed by atoms with Crippen LogP contribution in [0.3, 0.4) is 0 Å². The number of nitrogens with zero attached hydrogens (tertiary/aromatic N) is 2. The van der Waals surface area contributed by atoms with Crippen LogP contribution in [0.1, 0.15) is 12.8 Å². The summed E-state index contributed by atoms with van der Waals surface area (Å²) in [7, 11) is 1.92. The Bertz CT molecular complexity index is 319. The largest absolute Gasteiger partial charge is 0.497 e. The average molecular weight is 193 g/mol. The number of hydrogen-bond donors (Lipinski definition) is 1. The first-order valence-electron chi connectivity index (χ1n) is 4.88. The quantitative estimate of drug-likeness (QED) is 0.791. The maximum atomic E-state index is 5.44. The third-order valence-electron chi connectivity index (χ3n) is 2.35. The molecule has 0 bridgehead atoms. The molecule has 1 N–H and O–H groups in total. The highest BCUT2D eigenvalue weighted by Gasteiger charge is 2.10. The normalized spacial score (nSPS) is 20.5. The van der Waals surface area contributed by atoms with Crippen LogP contribution < -0.4 is 5.32 Å². The third kappa shape index (κ3) is 2.07. The van der Waals surface area contributed by atoms with Crippen LogP contribution in [0.15, 0.2) is 24.6 Å². The molecule has 2 rings (SSSR count). The molecule has 1 aromatic heterocycles. The zero-order valence-corrected chi connectivity index (χ0v) is 8.31. The highest BCUT2D eigenvalue weighted by Crippen LogP contribution is 2.11. The number of aromatic nitrogens is 2. The molecule has 0 aromatic carbocycles. The Labute approximate surface area is 83.6 Å². The van der Waals surface area contributed by atoms with Gasteiger partial charge in [0, 0.05) is 13.1 Å². The van der Waals surface area contributed by atoms with Crippen molar-refractivity contribution in [3.8, 4) is 0 Å². The molecule has 2 heterocycles. The van der Waals surface area contributed by atoms with E-state index in [1.165, 1.54) is 0 Å². The molecule has 14 heavy (non-hydrogen) atoms. The number of anilines is 1. The lowest BCUT2D eigenvalue weighted by Crippen LogP contribution is -2.23. The van der Waals surface area contributed by atoms with E-state index in [0.29, 0.717) is 0 Å². The Kier molecular flexibility index (Phi) is 2.72. The molecular formula is C10H15N3O. The van der Waals surface area contributed by atoms with E-state index in [9.17, 15) is 0 Å². The molecule has 0 amide bonds. The molecule has 1 aliphatic heterocycles. The second kappa shape index (κ2) is 4.17.